The van der Waals surface area contributed by atoms with Crippen molar-refractivity contribution in [1.29, 1.82) is 0 Å². The Hall–Kier alpha value is -0.0400. The maximum atomic E-state index is 8.83. The second kappa shape index (κ2) is 4.27. The highest BCUT2D eigenvalue weighted by molar-refractivity contribution is 4.72. The first-order chi connectivity index (χ1) is 5.27. The van der Waals surface area contributed by atoms with Crippen LogP contribution in [0.5, 0.6) is 0 Å². The lowest BCUT2D eigenvalue weighted by atomic mass is 9.78. The minimum atomic E-state index is 0.308. The quantitative estimate of drug-likeness (QED) is 0.690. The predicted molar refractivity (Wildman–Crippen MR) is 54.2 cm³/mol. The summed E-state index contributed by atoms with van der Waals surface area (Å²) in [6.45, 7) is 11.6. The summed E-state index contributed by atoms with van der Waals surface area (Å²) < 4.78 is 0. The number of rotatable bonds is 4. The summed E-state index contributed by atoms with van der Waals surface area (Å²) in [5, 5.41) is 8.83. The largest absolute Gasteiger partial charge is 0.396 e. The summed E-state index contributed by atoms with van der Waals surface area (Å²) in [6, 6.07) is 0. The fourth-order valence-corrected chi connectivity index (χ4v) is 1.14. The number of aliphatic hydroxyl groups excluding tert-OH is 1. The molecule has 0 bridgehead atoms. The van der Waals surface area contributed by atoms with Crippen molar-refractivity contribution in [2.75, 3.05) is 6.61 Å². The van der Waals surface area contributed by atoms with E-state index in [2.05, 4.69) is 34.6 Å². The van der Waals surface area contributed by atoms with E-state index in [1.54, 1.807) is 0 Å². The van der Waals surface area contributed by atoms with E-state index < -0.39 is 0 Å². The van der Waals surface area contributed by atoms with Gasteiger partial charge in [-0.3, -0.25) is 0 Å². The van der Waals surface area contributed by atoms with Gasteiger partial charge in [-0.2, -0.15) is 0 Å². The Kier molecular flexibility index (Phi) is 4.25. The molecule has 1 N–H and O–H groups in total. The van der Waals surface area contributed by atoms with Crippen LogP contribution in [0.3, 0.4) is 0 Å². The Labute approximate surface area is 77.2 Å². The molecular formula is C11H24O. The molecule has 0 saturated carbocycles. The molecule has 0 unspecified atom stereocenters. The molecule has 0 aromatic heterocycles. The molecule has 0 amide bonds. The van der Waals surface area contributed by atoms with Crippen molar-refractivity contribution < 1.29 is 5.11 Å². The molecule has 1 nitrogen and oxygen atoms in total. The van der Waals surface area contributed by atoms with Crippen LogP contribution in [0.4, 0.5) is 0 Å². The molecule has 0 aliphatic carbocycles. The first-order valence-corrected chi connectivity index (χ1v) is 4.88. The zero-order valence-electron chi connectivity index (χ0n) is 9.28. The van der Waals surface area contributed by atoms with Crippen LogP contribution in [0.15, 0.2) is 0 Å². The van der Waals surface area contributed by atoms with Gasteiger partial charge in [-0.1, -0.05) is 34.6 Å². The van der Waals surface area contributed by atoms with E-state index in [9.17, 15) is 0 Å². The standard InChI is InChI=1S/C11H24O/c1-10(2,3)6-7-11(4,5)8-9-12/h12H,6-9H2,1-5H3. The van der Waals surface area contributed by atoms with Gasteiger partial charge in [-0.25, -0.2) is 0 Å². The second-order valence-electron chi connectivity index (χ2n) is 5.70. The first-order valence-electron chi connectivity index (χ1n) is 4.88. The Balaban J connectivity index is 3.75. The van der Waals surface area contributed by atoms with E-state index in [1.807, 2.05) is 0 Å². The molecule has 0 spiro atoms. The summed E-state index contributed by atoms with van der Waals surface area (Å²) in [5.74, 6) is 0. The predicted octanol–water partition coefficient (Wildman–Crippen LogP) is 3.22. The van der Waals surface area contributed by atoms with E-state index in [-0.39, 0.29) is 0 Å². The van der Waals surface area contributed by atoms with E-state index >= 15 is 0 Å². The van der Waals surface area contributed by atoms with Crippen LogP contribution >= 0.6 is 0 Å². The molecule has 0 aliphatic heterocycles. The van der Waals surface area contributed by atoms with Gasteiger partial charge < -0.3 is 5.11 Å². The zero-order chi connectivity index (χ0) is 9.83. The molecule has 0 heterocycles. The van der Waals surface area contributed by atoms with Crippen LogP contribution in [0.1, 0.15) is 53.9 Å². The smallest absolute Gasteiger partial charge is 0.0436 e. The molecule has 0 fully saturated rings. The van der Waals surface area contributed by atoms with Crippen molar-refractivity contribution in [3.8, 4) is 0 Å². The monoisotopic (exact) mass is 172 g/mol. The molecule has 12 heavy (non-hydrogen) atoms. The molecule has 0 saturated heterocycles. The average Bonchev–Trinajstić information content (AvgIpc) is 1.83. The molecule has 0 rings (SSSR count). The highest BCUT2D eigenvalue weighted by Crippen LogP contribution is 2.32. The van der Waals surface area contributed by atoms with Crippen LogP contribution < -0.4 is 0 Å². The molecule has 0 aliphatic rings. The highest BCUT2D eigenvalue weighted by atomic mass is 16.3. The van der Waals surface area contributed by atoms with Crippen molar-refractivity contribution in [1.82, 2.24) is 0 Å². The van der Waals surface area contributed by atoms with Gasteiger partial charge in [-0.15, -0.1) is 0 Å². The van der Waals surface area contributed by atoms with Gasteiger partial charge in [0.25, 0.3) is 0 Å². The molecular weight excluding hydrogens is 148 g/mol. The van der Waals surface area contributed by atoms with E-state index in [0.29, 0.717) is 17.4 Å². The fourth-order valence-electron chi connectivity index (χ4n) is 1.14. The van der Waals surface area contributed by atoms with Gasteiger partial charge in [-0.05, 0) is 30.1 Å². The van der Waals surface area contributed by atoms with E-state index in [4.69, 9.17) is 5.11 Å². The lowest BCUT2D eigenvalue weighted by Crippen LogP contribution is -2.17. The minimum Gasteiger partial charge on any atom is -0.396 e. The number of hydrogen-bond acceptors (Lipinski definition) is 1. The van der Waals surface area contributed by atoms with Gasteiger partial charge in [0.15, 0.2) is 0 Å². The third-order valence-electron chi connectivity index (χ3n) is 2.34. The molecule has 1 heteroatoms. The summed E-state index contributed by atoms with van der Waals surface area (Å²) >= 11 is 0. The summed E-state index contributed by atoms with van der Waals surface area (Å²) in [6.07, 6.45) is 3.36. The fraction of sp³-hybridized carbons (Fsp3) is 1.00. The van der Waals surface area contributed by atoms with Crippen LogP contribution in [0, 0.1) is 10.8 Å². The van der Waals surface area contributed by atoms with Crippen LogP contribution in [0.2, 0.25) is 0 Å². The molecule has 0 radical (unpaired) electrons. The van der Waals surface area contributed by atoms with Crippen LogP contribution in [0.25, 0.3) is 0 Å². The molecule has 0 aromatic carbocycles. The van der Waals surface area contributed by atoms with Gasteiger partial charge in [0, 0.05) is 6.61 Å². The lowest BCUT2D eigenvalue weighted by Gasteiger charge is -2.28. The highest BCUT2D eigenvalue weighted by Gasteiger charge is 2.20. The van der Waals surface area contributed by atoms with Gasteiger partial charge >= 0.3 is 0 Å². The minimum absolute atomic E-state index is 0.308. The number of hydrogen-bond donors (Lipinski definition) is 1. The summed E-state index contributed by atoms with van der Waals surface area (Å²) in [4.78, 5) is 0. The van der Waals surface area contributed by atoms with Crippen LogP contribution in [-0.2, 0) is 0 Å². The van der Waals surface area contributed by atoms with Crippen molar-refractivity contribution in [2.24, 2.45) is 10.8 Å². The normalized spacial score (nSPS) is 13.5. The molecule has 0 aromatic rings. The van der Waals surface area contributed by atoms with Gasteiger partial charge in [0.1, 0.15) is 0 Å². The number of aliphatic hydroxyl groups is 1. The van der Waals surface area contributed by atoms with E-state index in [1.165, 1.54) is 12.8 Å². The second-order valence-corrected chi connectivity index (χ2v) is 5.70. The summed E-state index contributed by atoms with van der Waals surface area (Å²) in [5.41, 5.74) is 0.731. The maximum Gasteiger partial charge on any atom is 0.0436 e. The Morgan fingerprint density at radius 3 is 1.67 bits per heavy atom. The molecule has 0 atom stereocenters. The van der Waals surface area contributed by atoms with Gasteiger partial charge in [0.2, 0.25) is 0 Å². The first kappa shape index (κ1) is 12.0. The third kappa shape index (κ3) is 6.66. The average molecular weight is 172 g/mol. The van der Waals surface area contributed by atoms with Crippen molar-refractivity contribution in [3.05, 3.63) is 0 Å². The zero-order valence-corrected chi connectivity index (χ0v) is 9.28. The maximum absolute atomic E-state index is 8.83. The third-order valence-corrected chi connectivity index (χ3v) is 2.34. The Morgan fingerprint density at radius 2 is 1.33 bits per heavy atom. The SMILES string of the molecule is CC(C)(C)CCC(C)(C)CCO. The van der Waals surface area contributed by atoms with Crippen LogP contribution in [-0.4, -0.2) is 11.7 Å². The summed E-state index contributed by atoms with van der Waals surface area (Å²) in [7, 11) is 0. The Morgan fingerprint density at radius 1 is 0.833 bits per heavy atom. The lowest BCUT2D eigenvalue weighted by molar-refractivity contribution is 0.181. The topological polar surface area (TPSA) is 20.2 Å². The van der Waals surface area contributed by atoms with Crippen molar-refractivity contribution >= 4 is 0 Å². The van der Waals surface area contributed by atoms with E-state index in [0.717, 1.165) is 6.42 Å². The Bertz CT molecular complexity index is 119. The molecule has 74 valence electrons. The van der Waals surface area contributed by atoms with Gasteiger partial charge in [0.05, 0.1) is 0 Å². The van der Waals surface area contributed by atoms with Crippen molar-refractivity contribution in [2.45, 2.75) is 53.9 Å². The van der Waals surface area contributed by atoms with Crippen molar-refractivity contribution in [3.63, 3.8) is 0 Å².